The summed E-state index contributed by atoms with van der Waals surface area (Å²) in [5.41, 5.74) is 3.31. The molecule has 1 N–H and O–H groups in total. The van der Waals surface area contributed by atoms with Gasteiger partial charge in [-0.1, -0.05) is 43.2 Å². The fourth-order valence-electron chi connectivity index (χ4n) is 4.23. The predicted molar refractivity (Wildman–Crippen MR) is 130 cm³/mol. The Hall–Kier alpha value is -2.86. The van der Waals surface area contributed by atoms with E-state index in [0.29, 0.717) is 19.2 Å². The van der Waals surface area contributed by atoms with Gasteiger partial charge in [0.1, 0.15) is 5.75 Å². The summed E-state index contributed by atoms with van der Waals surface area (Å²) in [4.78, 5) is 18.2. The molecule has 0 aliphatic heterocycles. The van der Waals surface area contributed by atoms with Crippen LogP contribution in [0.1, 0.15) is 44.1 Å². The molecule has 2 aromatic carbocycles. The highest BCUT2D eigenvalue weighted by Gasteiger charge is 2.25. The fraction of sp³-hybridized carbons (Fsp3) is 0.385. The van der Waals surface area contributed by atoms with E-state index in [1.807, 2.05) is 30.3 Å². The van der Waals surface area contributed by atoms with E-state index < -0.39 is 5.97 Å². The molecule has 5 nitrogen and oxygen atoms in total. The average Bonchev–Trinajstić information content (AvgIpc) is 3.51. The van der Waals surface area contributed by atoms with Crippen molar-refractivity contribution in [2.75, 3.05) is 18.1 Å². The molecular weight excluding hydrogens is 420 g/mol. The van der Waals surface area contributed by atoms with Crippen LogP contribution in [0.2, 0.25) is 0 Å². The molecule has 168 valence electrons. The van der Waals surface area contributed by atoms with Crippen LogP contribution >= 0.6 is 11.3 Å². The average molecular weight is 451 g/mol. The lowest BCUT2D eigenvalue weighted by atomic mass is 10.1. The summed E-state index contributed by atoms with van der Waals surface area (Å²) in [5.74, 6) is 0.107. The van der Waals surface area contributed by atoms with E-state index in [9.17, 15) is 4.79 Å². The van der Waals surface area contributed by atoms with Crippen LogP contribution in [0.5, 0.6) is 5.75 Å². The Bertz CT molecular complexity index is 982. The van der Waals surface area contributed by atoms with E-state index >= 15 is 0 Å². The fourth-order valence-corrected chi connectivity index (χ4v) is 5.16. The van der Waals surface area contributed by atoms with E-state index in [-0.39, 0.29) is 6.42 Å². The zero-order valence-electron chi connectivity index (χ0n) is 18.3. The standard InChI is InChI=1S/C26H30N2O3S/c29-25(30)16-17-28(22-10-4-5-11-22)26-27-24(19-32-26)21-12-14-23(15-13-21)31-18-6-9-20-7-2-1-3-8-20/h1-3,7-8,12-15,19,22H,4-6,9-11,16-18H2,(H,29,30). The van der Waals surface area contributed by atoms with Gasteiger partial charge in [0.05, 0.1) is 18.7 Å². The molecule has 1 saturated carbocycles. The SMILES string of the molecule is O=C(O)CCN(c1nc(-c2ccc(OCCCc3ccccc3)cc2)cs1)C1CCCC1. The second-order valence-electron chi connectivity index (χ2n) is 8.25. The molecule has 1 heterocycles. The van der Waals surface area contributed by atoms with Gasteiger partial charge >= 0.3 is 5.97 Å². The number of carbonyl (C=O) groups is 1. The maximum absolute atomic E-state index is 11.1. The van der Waals surface area contributed by atoms with Gasteiger partial charge in [-0.15, -0.1) is 11.3 Å². The summed E-state index contributed by atoms with van der Waals surface area (Å²) in [5, 5.41) is 12.1. The summed E-state index contributed by atoms with van der Waals surface area (Å²) in [7, 11) is 0. The van der Waals surface area contributed by atoms with Crippen LogP contribution < -0.4 is 9.64 Å². The van der Waals surface area contributed by atoms with E-state index in [0.717, 1.165) is 47.8 Å². The Kier molecular flexibility index (Phi) is 7.77. The van der Waals surface area contributed by atoms with Crippen molar-refractivity contribution >= 4 is 22.4 Å². The highest BCUT2D eigenvalue weighted by atomic mass is 32.1. The molecule has 0 spiro atoms. The Morgan fingerprint density at radius 2 is 1.84 bits per heavy atom. The number of ether oxygens (including phenoxy) is 1. The van der Waals surface area contributed by atoms with Crippen molar-refractivity contribution in [1.82, 2.24) is 4.98 Å². The number of aromatic nitrogens is 1. The number of hydrogen-bond donors (Lipinski definition) is 1. The molecule has 0 amide bonds. The van der Waals surface area contributed by atoms with E-state index in [1.54, 1.807) is 11.3 Å². The molecule has 1 aliphatic carbocycles. The van der Waals surface area contributed by atoms with Gasteiger partial charge < -0.3 is 14.7 Å². The number of hydrogen-bond acceptors (Lipinski definition) is 5. The summed E-state index contributed by atoms with van der Waals surface area (Å²) in [6, 6.07) is 18.9. The molecule has 0 bridgehead atoms. The first-order chi connectivity index (χ1) is 15.7. The van der Waals surface area contributed by atoms with E-state index in [4.69, 9.17) is 14.8 Å². The Morgan fingerprint density at radius 3 is 2.56 bits per heavy atom. The van der Waals surface area contributed by atoms with Crippen LogP contribution in [-0.2, 0) is 11.2 Å². The number of rotatable bonds is 11. The smallest absolute Gasteiger partial charge is 0.305 e. The lowest BCUT2D eigenvalue weighted by Crippen LogP contribution is -2.35. The number of aliphatic carboxylic acids is 1. The number of thiazole rings is 1. The molecule has 0 saturated heterocycles. The molecule has 1 fully saturated rings. The van der Waals surface area contributed by atoms with Crippen LogP contribution in [0.3, 0.4) is 0 Å². The predicted octanol–water partition coefficient (Wildman–Crippen LogP) is 6.05. The van der Waals surface area contributed by atoms with E-state index in [2.05, 4.69) is 34.5 Å². The molecule has 1 aliphatic rings. The van der Waals surface area contributed by atoms with Gasteiger partial charge in [-0.3, -0.25) is 4.79 Å². The van der Waals surface area contributed by atoms with Gasteiger partial charge in [0.25, 0.3) is 0 Å². The maximum atomic E-state index is 11.1. The van der Waals surface area contributed by atoms with E-state index in [1.165, 1.54) is 18.4 Å². The third kappa shape index (κ3) is 6.10. The minimum atomic E-state index is -0.760. The largest absolute Gasteiger partial charge is 0.494 e. The van der Waals surface area contributed by atoms with Crippen molar-refractivity contribution in [3.8, 4) is 17.0 Å². The first-order valence-corrected chi connectivity index (χ1v) is 12.3. The van der Waals surface area contributed by atoms with Crippen LogP contribution in [0.15, 0.2) is 60.0 Å². The zero-order valence-corrected chi connectivity index (χ0v) is 19.1. The molecule has 6 heteroatoms. The van der Waals surface area contributed by atoms with Crippen molar-refractivity contribution in [3.63, 3.8) is 0 Å². The number of carboxylic acids is 1. The summed E-state index contributed by atoms with van der Waals surface area (Å²) < 4.78 is 5.90. The van der Waals surface area contributed by atoms with Crippen LogP contribution in [0, 0.1) is 0 Å². The van der Waals surface area contributed by atoms with Gasteiger partial charge in [0.15, 0.2) is 5.13 Å². The highest BCUT2D eigenvalue weighted by molar-refractivity contribution is 7.14. The van der Waals surface area contributed by atoms with Crippen LogP contribution in [0.4, 0.5) is 5.13 Å². The van der Waals surface area contributed by atoms with Crippen molar-refractivity contribution in [3.05, 3.63) is 65.5 Å². The molecule has 32 heavy (non-hydrogen) atoms. The third-order valence-corrected chi connectivity index (χ3v) is 6.82. The van der Waals surface area contributed by atoms with Gasteiger partial charge in [0.2, 0.25) is 0 Å². The van der Waals surface area contributed by atoms with Crippen molar-refractivity contribution in [2.45, 2.75) is 51.0 Å². The Morgan fingerprint density at radius 1 is 1.09 bits per heavy atom. The second kappa shape index (κ2) is 11.1. The Labute approximate surface area is 193 Å². The number of benzene rings is 2. The van der Waals surface area contributed by atoms with Gasteiger partial charge in [0, 0.05) is 23.5 Å². The van der Waals surface area contributed by atoms with Crippen molar-refractivity contribution in [1.29, 1.82) is 0 Å². The minimum Gasteiger partial charge on any atom is -0.494 e. The zero-order chi connectivity index (χ0) is 22.2. The highest BCUT2D eigenvalue weighted by Crippen LogP contribution is 2.33. The van der Waals surface area contributed by atoms with Crippen LogP contribution in [-0.4, -0.2) is 35.3 Å². The monoisotopic (exact) mass is 450 g/mol. The molecule has 1 aromatic heterocycles. The van der Waals surface area contributed by atoms with Crippen molar-refractivity contribution < 1.29 is 14.6 Å². The van der Waals surface area contributed by atoms with Gasteiger partial charge in [-0.2, -0.15) is 0 Å². The third-order valence-electron chi connectivity index (χ3n) is 5.94. The summed E-state index contributed by atoms with van der Waals surface area (Å²) in [6.07, 6.45) is 6.78. The second-order valence-corrected chi connectivity index (χ2v) is 9.09. The molecule has 0 unspecified atom stereocenters. The molecule has 3 aromatic rings. The number of carboxylic acid groups (broad SMARTS) is 1. The van der Waals surface area contributed by atoms with Crippen LogP contribution in [0.25, 0.3) is 11.3 Å². The topological polar surface area (TPSA) is 62.7 Å². The molecule has 0 atom stereocenters. The quantitative estimate of drug-likeness (QED) is 0.361. The lowest BCUT2D eigenvalue weighted by Gasteiger charge is -2.28. The minimum absolute atomic E-state index is 0.141. The number of aryl methyl sites for hydroxylation is 1. The van der Waals surface area contributed by atoms with Gasteiger partial charge in [-0.25, -0.2) is 4.98 Å². The molecule has 4 rings (SSSR count). The first kappa shape index (κ1) is 22.3. The number of nitrogens with zero attached hydrogens (tertiary/aromatic N) is 2. The summed E-state index contributed by atoms with van der Waals surface area (Å²) in [6.45, 7) is 1.21. The lowest BCUT2D eigenvalue weighted by molar-refractivity contribution is -0.136. The number of anilines is 1. The van der Waals surface area contributed by atoms with Gasteiger partial charge in [-0.05, 0) is 55.5 Å². The molecule has 0 radical (unpaired) electrons. The first-order valence-electron chi connectivity index (χ1n) is 11.4. The maximum Gasteiger partial charge on any atom is 0.305 e. The van der Waals surface area contributed by atoms with Crippen molar-refractivity contribution in [2.24, 2.45) is 0 Å². The summed E-state index contributed by atoms with van der Waals surface area (Å²) >= 11 is 1.60. The normalized spacial score (nSPS) is 13.9. The molecular formula is C26H30N2O3S. The Balaban J connectivity index is 1.34.